The Labute approximate surface area is 86.4 Å². The van der Waals surface area contributed by atoms with Gasteiger partial charge in [0.1, 0.15) is 6.54 Å². The Balaban J connectivity index is 2.07. The maximum absolute atomic E-state index is 11.6. The summed E-state index contributed by atoms with van der Waals surface area (Å²) in [7, 11) is 3.38. The lowest BCUT2D eigenvalue weighted by Gasteiger charge is -2.12. The molecule has 1 aromatic rings. The Morgan fingerprint density at radius 3 is 2.80 bits per heavy atom. The first kappa shape index (κ1) is 9.95. The third kappa shape index (κ3) is 1.93. The largest absolute Gasteiger partial charge is 0.431 e. The van der Waals surface area contributed by atoms with E-state index in [9.17, 15) is 9.59 Å². The number of rotatable bonds is 3. The van der Waals surface area contributed by atoms with E-state index in [4.69, 9.17) is 0 Å². The van der Waals surface area contributed by atoms with E-state index in [2.05, 4.69) is 9.79 Å². The second-order valence-corrected chi connectivity index (χ2v) is 3.96. The topological polar surface area (TPSA) is 70.2 Å². The summed E-state index contributed by atoms with van der Waals surface area (Å²) in [6.07, 6.45) is 1.94. The van der Waals surface area contributed by atoms with E-state index in [1.54, 1.807) is 19.0 Å². The summed E-state index contributed by atoms with van der Waals surface area (Å²) in [6, 6.07) is 0. The molecule has 0 aromatic carbocycles. The van der Waals surface area contributed by atoms with E-state index >= 15 is 0 Å². The first-order chi connectivity index (χ1) is 7.09. The molecule has 0 saturated heterocycles. The maximum atomic E-state index is 11.6. The number of aromatic nitrogens is 2. The molecule has 15 heavy (non-hydrogen) atoms. The van der Waals surface area contributed by atoms with E-state index in [1.165, 1.54) is 4.68 Å². The van der Waals surface area contributed by atoms with Crippen molar-refractivity contribution < 1.29 is 14.0 Å². The monoisotopic (exact) mass is 212 g/mol. The highest BCUT2D eigenvalue weighted by Crippen LogP contribution is 2.30. The summed E-state index contributed by atoms with van der Waals surface area (Å²) in [5, 5.41) is 2.42. The SMILES string of the molecule is CN(Cc1c(=O)o[nH][n+]1C)C(=O)C1CC1. The van der Waals surface area contributed by atoms with Crippen LogP contribution in [0.4, 0.5) is 0 Å². The Morgan fingerprint density at radius 1 is 1.67 bits per heavy atom. The van der Waals surface area contributed by atoms with Crippen LogP contribution in [0.5, 0.6) is 0 Å². The first-order valence-electron chi connectivity index (χ1n) is 4.91. The smallest absolute Gasteiger partial charge is 0.335 e. The molecule has 1 aromatic heterocycles. The summed E-state index contributed by atoms with van der Waals surface area (Å²) < 4.78 is 6.08. The summed E-state index contributed by atoms with van der Waals surface area (Å²) >= 11 is 0. The van der Waals surface area contributed by atoms with Crippen LogP contribution < -0.4 is 10.3 Å². The molecule has 2 rings (SSSR count). The molecule has 1 saturated carbocycles. The zero-order chi connectivity index (χ0) is 11.0. The summed E-state index contributed by atoms with van der Waals surface area (Å²) in [6.45, 7) is 0.289. The third-order valence-corrected chi connectivity index (χ3v) is 2.61. The van der Waals surface area contributed by atoms with Gasteiger partial charge in [-0.2, -0.15) is 0 Å². The van der Waals surface area contributed by atoms with Crippen molar-refractivity contribution in [3.05, 3.63) is 16.1 Å². The molecule has 0 atom stereocenters. The minimum Gasteiger partial charge on any atom is -0.335 e. The molecule has 6 heteroatoms. The van der Waals surface area contributed by atoms with Crippen molar-refractivity contribution in [3.8, 4) is 0 Å². The second kappa shape index (κ2) is 3.52. The molecule has 0 bridgehead atoms. The molecule has 1 aliphatic carbocycles. The highest BCUT2D eigenvalue weighted by Gasteiger charge is 2.33. The Hall–Kier alpha value is -1.59. The number of nitrogens with one attached hydrogen (secondary N) is 1. The number of hydrogen-bond donors (Lipinski definition) is 1. The van der Waals surface area contributed by atoms with E-state index in [0.717, 1.165) is 12.8 Å². The van der Waals surface area contributed by atoms with Gasteiger partial charge in [-0.3, -0.25) is 9.32 Å². The number of H-pyrrole nitrogens is 1. The standard InChI is InChI=1S/C9H13N3O3/c1-11(8(13)6-3-4-6)5-7-9(14)15-10-12(7)2/h6H,3-5H2,1-2H3/p+1. The van der Waals surface area contributed by atoms with Crippen molar-refractivity contribution >= 4 is 5.91 Å². The lowest BCUT2D eigenvalue weighted by atomic mass is 10.3. The number of aryl methyl sites for hydroxylation is 1. The predicted octanol–water partition coefficient (Wildman–Crippen LogP) is -0.839. The average molecular weight is 212 g/mol. The predicted molar refractivity (Wildman–Crippen MR) is 49.7 cm³/mol. The van der Waals surface area contributed by atoms with Crippen molar-refractivity contribution in [2.24, 2.45) is 13.0 Å². The quantitative estimate of drug-likeness (QED) is 0.664. The van der Waals surface area contributed by atoms with Gasteiger partial charge >= 0.3 is 11.3 Å². The van der Waals surface area contributed by atoms with Gasteiger partial charge in [0.15, 0.2) is 7.05 Å². The molecule has 1 aliphatic rings. The van der Waals surface area contributed by atoms with Gasteiger partial charge in [0.25, 0.3) is 0 Å². The minimum absolute atomic E-state index is 0.107. The fourth-order valence-corrected chi connectivity index (χ4v) is 1.48. The average Bonchev–Trinajstić information content (AvgIpc) is 3.00. The van der Waals surface area contributed by atoms with E-state index in [1.807, 2.05) is 0 Å². The number of carbonyl (C=O) groups is 1. The number of aromatic amines is 1. The molecular formula is C9H14N3O3+. The highest BCUT2D eigenvalue weighted by molar-refractivity contribution is 5.80. The Bertz CT molecular complexity index is 430. The van der Waals surface area contributed by atoms with Gasteiger partial charge in [0.2, 0.25) is 5.91 Å². The molecule has 1 fully saturated rings. The zero-order valence-electron chi connectivity index (χ0n) is 8.82. The van der Waals surface area contributed by atoms with Crippen molar-refractivity contribution in [2.75, 3.05) is 7.05 Å². The van der Waals surface area contributed by atoms with Crippen LogP contribution in [0.3, 0.4) is 0 Å². The Morgan fingerprint density at radius 2 is 2.33 bits per heavy atom. The second-order valence-electron chi connectivity index (χ2n) is 3.96. The fraction of sp³-hybridized carbons (Fsp3) is 0.667. The minimum atomic E-state index is -0.423. The third-order valence-electron chi connectivity index (χ3n) is 2.61. The van der Waals surface area contributed by atoms with Crippen LogP contribution in [-0.4, -0.2) is 23.1 Å². The van der Waals surface area contributed by atoms with Gasteiger partial charge in [-0.15, -0.1) is 0 Å². The van der Waals surface area contributed by atoms with E-state index < -0.39 is 5.63 Å². The highest BCUT2D eigenvalue weighted by atomic mass is 16.5. The number of carbonyl (C=O) groups excluding carboxylic acids is 1. The zero-order valence-corrected chi connectivity index (χ0v) is 8.82. The van der Waals surface area contributed by atoms with Crippen LogP contribution in [-0.2, 0) is 18.4 Å². The van der Waals surface area contributed by atoms with Crippen LogP contribution in [0.2, 0.25) is 0 Å². The van der Waals surface area contributed by atoms with Gasteiger partial charge in [0, 0.05) is 13.0 Å². The summed E-state index contributed by atoms with van der Waals surface area (Å²) in [4.78, 5) is 24.4. The van der Waals surface area contributed by atoms with E-state index in [0.29, 0.717) is 5.69 Å². The fourth-order valence-electron chi connectivity index (χ4n) is 1.48. The molecule has 1 N–H and O–H groups in total. The lowest BCUT2D eigenvalue weighted by molar-refractivity contribution is -0.746. The molecular weight excluding hydrogens is 198 g/mol. The van der Waals surface area contributed by atoms with Crippen LogP contribution in [0, 0.1) is 5.92 Å². The van der Waals surface area contributed by atoms with Gasteiger partial charge in [0.05, 0.1) is 0 Å². The number of hydrogen-bond acceptors (Lipinski definition) is 3. The van der Waals surface area contributed by atoms with Crippen LogP contribution >= 0.6 is 0 Å². The molecule has 0 aliphatic heterocycles. The Kier molecular flexibility index (Phi) is 2.34. The summed E-state index contributed by atoms with van der Waals surface area (Å²) in [5.41, 5.74) is 0.0273. The summed E-state index contributed by atoms with van der Waals surface area (Å²) in [5.74, 6) is 0.280. The number of nitrogens with zero attached hydrogens (tertiary/aromatic N) is 2. The molecule has 0 spiro atoms. The van der Waals surface area contributed by atoms with Crippen LogP contribution in [0.1, 0.15) is 18.5 Å². The van der Waals surface area contributed by atoms with Crippen molar-refractivity contribution in [2.45, 2.75) is 19.4 Å². The molecule has 82 valence electrons. The van der Waals surface area contributed by atoms with E-state index in [-0.39, 0.29) is 18.4 Å². The lowest BCUT2D eigenvalue weighted by Crippen LogP contribution is -2.41. The molecule has 6 nitrogen and oxygen atoms in total. The first-order valence-corrected chi connectivity index (χ1v) is 4.91. The van der Waals surface area contributed by atoms with Crippen LogP contribution in [0.15, 0.2) is 9.32 Å². The normalized spacial score (nSPS) is 15.3. The van der Waals surface area contributed by atoms with Crippen molar-refractivity contribution in [3.63, 3.8) is 0 Å². The van der Waals surface area contributed by atoms with Crippen molar-refractivity contribution in [1.82, 2.24) is 10.2 Å². The molecule has 1 amide bonds. The van der Waals surface area contributed by atoms with Gasteiger partial charge in [-0.05, 0) is 18.1 Å². The van der Waals surface area contributed by atoms with Gasteiger partial charge in [-0.25, -0.2) is 4.79 Å². The van der Waals surface area contributed by atoms with Crippen molar-refractivity contribution in [1.29, 1.82) is 0 Å². The van der Waals surface area contributed by atoms with Gasteiger partial charge < -0.3 is 4.90 Å². The number of amides is 1. The maximum Gasteiger partial charge on any atom is 0.431 e. The van der Waals surface area contributed by atoms with Crippen LogP contribution in [0.25, 0.3) is 0 Å². The molecule has 0 radical (unpaired) electrons. The molecule has 0 unspecified atom stereocenters. The molecule has 1 heterocycles. The van der Waals surface area contributed by atoms with Gasteiger partial charge in [-0.1, -0.05) is 4.68 Å².